The van der Waals surface area contributed by atoms with E-state index in [0.29, 0.717) is 23.4 Å². The molecule has 0 saturated heterocycles. The van der Waals surface area contributed by atoms with Crippen LogP contribution >= 0.6 is 0 Å². The fraction of sp³-hybridized carbons (Fsp3) is 0.714. The Balaban J connectivity index is -0.000000134. The van der Waals surface area contributed by atoms with Gasteiger partial charge in [0, 0.05) is 0 Å². The summed E-state index contributed by atoms with van der Waals surface area (Å²) in [5, 5.41) is 0. The fourth-order valence-corrected chi connectivity index (χ4v) is 3.54. The average molecular weight is 830 g/mol. The van der Waals surface area contributed by atoms with E-state index in [-0.39, 0.29) is 47.6 Å². The van der Waals surface area contributed by atoms with Gasteiger partial charge in [0.15, 0.2) is 0 Å². The number of carbonyl (C=O) groups excluding carboxylic acids is 2. The zero-order valence-electron chi connectivity index (χ0n) is 41.2. The van der Waals surface area contributed by atoms with Gasteiger partial charge >= 0.3 is 11.9 Å². The van der Waals surface area contributed by atoms with Gasteiger partial charge in [-0.05, 0) is 133 Å². The molecule has 1 unspecified atom stereocenters. The highest BCUT2D eigenvalue weighted by molar-refractivity contribution is 5.76. The van der Waals surface area contributed by atoms with E-state index in [2.05, 4.69) is 158 Å². The largest absolute Gasteiger partial charge is 1.00 e. The first kappa shape index (κ1) is 65.8. The van der Waals surface area contributed by atoms with Gasteiger partial charge in [-0.3, -0.25) is 9.59 Å². The minimum absolute atomic E-state index is 0. The molecule has 2 aromatic rings. The Morgan fingerprint density at radius 2 is 0.964 bits per heavy atom. The number of carbonyl (C=O) groups is 2. The number of methoxy groups -OCH3 is 1. The maximum absolute atomic E-state index is 11.1. The lowest BCUT2D eigenvalue weighted by Gasteiger charge is -2.37. The average Bonchev–Trinajstić information content (AvgIpc) is 3.11. The fourth-order valence-electron chi connectivity index (χ4n) is 3.54. The summed E-state index contributed by atoms with van der Waals surface area (Å²) in [4.78, 5) is 21.9. The Bertz CT molecular complexity index is 1220. The zero-order valence-corrected chi connectivity index (χ0v) is 42.7. The quantitative estimate of drug-likeness (QED) is 0.191. The third kappa shape index (κ3) is 31.0. The normalized spacial score (nSPS) is 11.4. The van der Waals surface area contributed by atoms with Crippen LogP contribution in [0.2, 0.25) is 0 Å². The van der Waals surface area contributed by atoms with Crippen LogP contribution in [0.4, 0.5) is 0 Å². The van der Waals surface area contributed by atoms with Crippen LogP contribution < -0.4 is 24.8 Å². The third-order valence-corrected chi connectivity index (χ3v) is 11.3. The first-order valence-corrected chi connectivity index (χ1v) is 20.6. The van der Waals surface area contributed by atoms with Gasteiger partial charge in [0.25, 0.3) is 0 Å². The molecule has 0 bridgehead atoms. The number of esters is 2. The van der Waals surface area contributed by atoms with Gasteiger partial charge in [0.05, 0.1) is 52.2 Å². The standard InChI is InChI=1S/2C10H14.C9H20.C8H16O2.C7H14O2.C5H14N.2ClH/c1-7-5-9(3)10(4)6-8(7)2;1-3-9(2)10-7-5-4-6-8-10;1-7-9(5,6)8(2,3)4;1-5-8(3,4)7(9)10-6-2;1-5-7(2,3)6(8)9-4;1-5-6(2,3)4;;/h5-6H,1-4H3;4-9H,3H2,1-2H3;7H2,1-6H3;5-6H2,1-4H3;5H2,1-4H3;5H2,1-4H3;2*1H/q;;;;;+1;;/p-2. The van der Waals surface area contributed by atoms with Crippen molar-refractivity contribution >= 4 is 11.9 Å². The van der Waals surface area contributed by atoms with Gasteiger partial charge in [-0.25, -0.2) is 0 Å². The lowest BCUT2D eigenvalue weighted by atomic mass is 9.68. The minimum atomic E-state index is -0.311. The lowest BCUT2D eigenvalue weighted by molar-refractivity contribution is -0.868. The molecule has 0 radical (unpaired) electrons. The second-order valence-electron chi connectivity index (χ2n) is 18.5. The number of benzene rings is 2. The van der Waals surface area contributed by atoms with Gasteiger partial charge in [-0.15, -0.1) is 0 Å². The minimum Gasteiger partial charge on any atom is -1.00 e. The maximum Gasteiger partial charge on any atom is 0.311 e. The second kappa shape index (κ2) is 31.9. The number of quaternary nitrogens is 1. The van der Waals surface area contributed by atoms with Crippen LogP contribution in [0.1, 0.15) is 170 Å². The molecule has 0 amide bonds. The van der Waals surface area contributed by atoms with E-state index < -0.39 is 0 Å². The van der Waals surface area contributed by atoms with E-state index >= 15 is 0 Å². The van der Waals surface area contributed by atoms with Crippen LogP contribution in [0, 0.1) is 49.4 Å². The van der Waals surface area contributed by atoms with Crippen LogP contribution in [0.5, 0.6) is 0 Å². The van der Waals surface area contributed by atoms with E-state index in [1.807, 2.05) is 48.5 Å². The summed E-state index contributed by atoms with van der Waals surface area (Å²) in [5.41, 5.74) is 7.32. The zero-order chi connectivity index (χ0) is 43.7. The number of ether oxygens (including phenoxy) is 2. The molecule has 1 atom stereocenters. The van der Waals surface area contributed by atoms with E-state index in [1.54, 1.807) is 0 Å². The summed E-state index contributed by atoms with van der Waals surface area (Å²) in [5.74, 6) is 0.476. The van der Waals surface area contributed by atoms with Crippen molar-refractivity contribution < 1.29 is 48.4 Å². The van der Waals surface area contributed by atoms with Crippen molar-refractivity contribution in [2.45, 2.75) is 170 Å². The van der Waals surface area contributed by atoms with Crippen molar-refractivity contribution in [3.63, 3.8) is 0 Å². The molecule has 0 spiro atoms. The number of nitrogens with zero attached hydrogens (tertiary/aromatic N) is 1. The van der Waals surface area contributed by atoms with Crippen LogP contribution in [-0.4, -0.2) is 57.8 Å². The third-order valence-electron chi connectivity index (χ3n) is 11.3. The molecule has 0 aromatic heterocycles. The summed E-state index contributed by atoms with van der Waals surface area (Å²) >= 11 is 0. The Hall–Kier alpha value is -2.08. The van der Waals surface area contributed by atoms with Crippen LogP contribution in [-0.2, 0) is 19.1 Å². The molecule has 0 aliphatic carbocycles. The number of hydrogen-bond donors (Lipinski definition) is 0. The first-order valence-electron chi connectivity index (χ1n) is 20.6. The van der Waals surface area contributed by atoms with Gasteiger partial charge in [0.2, 0.25) is 0 Å². The Kier molecular flexibility index (Phi) is 37.4. The molecule has 5 nitrogen and oxygen atoms in total. The number of aryl methyl sites for hydroxylation is 4. The van der Waals surface area contributed by atoms with Crippen molar-refractivity contribution in [3.8, 4) is 0 Å². The number of rotatable bonds is 9. The van der Waals surface area contributed by atoms with Gasteiger partial charge in [-0.2, -0.15) is 0 Å². The monoisotopic (exact) mass is 829 g/mol. The molecule has 0 fully saturated rings. The Morgan fingerprint density at radius 3 is 1.16 bits per heavy atom. The van der Waals surface area contributed by atoms with Crippen molar-refractivity contribution in [3.05, 3.63) is 70.3 Å². The van der Waals surface area contributed by atoms with E-state index in [0.717, 1.165) is 17.3 Å². The predicted molar refractivity (Wildman–Crippen MR) is 239 cm³/mol. The van der Waals surface area contributed by atoms with Crippen molar-refractivity contribution in [2.24, 2.45) is 21.7 Å². The van der Waals surface area contributed by atoms with E-state index in [9.17, 15) is 9.59 Å². The summed E-state index contributed by atoms with van der Waals surface area (Å²) in [6.07, 6.45) is 4.13. The highest BCUT2D eigenvalue weighted by atomic mass is 35.5. The highest BCUT2D eigenvalue weighted by Crippen LogP contribution is 2.40. The summed E-state index contributed by atoms with van der Waals surface area (Å²) in [6, 6.07) is 15.1. The Morgan fingerprint density at radius 1 is 0.625 bits per heavy atom. The highest BCUT2D eigenvalue weighted by Gasteiger charge is 2.30. The molecular formula is C49H92Cl2NO4-. The molecule has 0 heterocycles. The molecule has 56 heavy (non-hydrogen) atoms. The van der Waals surface area contributed by atoms with Crippen LogP contribution in [0.3, 0.4) is 0 Å². The van der Waals surface area contributed by atoms with Gasteiger partial charge in [-0.1, -0.05) is 118 Å². The van der Waals surface area contributed by atoms with E-state index in [1.165, 1.54) is 54.3 Å². The molecule has 2 aromatic carbocycles. The second-order valence-corrected chi connectivity index (χ2v) is 18.5. The van der Waals surface area contributed by atoms with Crippen LogP contribution in [0.25, 0.3) is 0 Å². The number of halogens is 2. The SMILES string of the molecule is CCC(C)(C)C(=O)OC.CCC(C)(C)C(C)(C)C.CCC(C)c1ccccc1.CCOC(=O)C(C)(C)CC.CC[N+](C)(C)C.Cc1cc(C)c(C)cc1C.[Cl-].[Cl-]. The van der Waals surface area contributed by atoms with E-state index in [4.69, 9.17) is 4.74 Å². The van der Waals surface area contributed by atoms with Gasteiger partial charge in [0.1, 0.15) is 0 Å². The molecule has 0 aliphatic heterocycles. The summed E-state index contributed by atoms with van der Waals surface area (Å²) in [7, 11) is 7.96. The van der Waals surface area contributed by atoms with Gasteiger partial charge < -0.3 is 38.8 Å². The first-order chi connectivity index (χ1) is 24.4. The number of hydrogen-bond acceptors (Lipinski definition) is 4. The predicted octanol–water partition coefficient (Wildman–Crippen LogP) is 7.89. The van der Waals surface area contributed by atoms with Crippen molar-refractivity contribution in [1.29, 1.82) is 0 Å². The van der Waals surface area contributed by atoms with Crippen molar-refractivity contribution in [1.82, 2.24) is 0 Å². The van der Waals surface area contributed by atoms with Crippen molar-refractivity contribution in [2.75, 3.05) is 41.4 Å². The molecule has 7 heteroatoms. The molecule has 332 valence electrons. The summed E-state index contributed by atoms with van der Waals surface area (Å²) < 4.78 is 10.5. The molecule has 0 aliphatic rings. The molecule has 2 rings (SSSR count). The lowest BCUT2D eigenvalue weighted by Crippen LogP contribution is -3.00. The summed E-state index contributed by atoms with van der Waals surface area (Å²) in [6.45, 7) is 44.1. The van der Waals surface area contributed by atoms with Crippen LogP contribution in [0.15, 0.2) is 42.5 Å². The molecule has 0 N–H and O–H groups in total. The molecular weight excluding hydrogens is 737 g/mol. The topological polar surface area (TPSA) is 52.6 Å². The Labute approximate surface area is 362 Å². The molecule has 0 saturated carbocycles. The smallest absolute Gasteiger partial charge is 0.311 e. The maximum atomic E-state index is 11.1.